The van der Waals surface area contributed by atoms with Crippen molar-refractivity contribution in [3.63, 3.8) is 0 Å². The number of halogens is 1. The fourth-order valence-electron chi connectivity index (χ4n) is 2.84. The van der Waals surface area contributed by atoms with Gasteiger partial charge in [-0.3, -0.25) is 9.69 Å². The van der Waals surface area contributed by atoms with Gasteiger partial charge in [0.05, 0.1) is 7.11 Å². The Morgan fingerprint density at radius 3 is 2.80 bits per heavy atom. The van der Waals surface area contributed by atoms with Crippen LogP contribution in [0.3, 0.4) is 0 Å². The fraction of sp³-hybridized carbons (Fsp3) is 0.250. The zero-order valence-corrected chi connectivity index (χ0v) is 14.2. The van der Waals surface area contributed by atoms with Crippen LogP contribution in [0.1, 0.15) is 12.0 Å². The Bertz CT molecular complexity index is 789. The lowest BCUT2D eigenvalue weighted by Gasteiger charge is -2.26. The minimum atomic E-state index is -0.187. The van der Waals surface area contributed by atoms with Crippen LogP contribution in [0.4, 0.5) is 10.1 Å². The Morgan fingerprint density at radius 2 is 2.08 bits per heavy atom. The van der Waals surface area contributed by atoms with E-state index in [9.17, 15) is 9.18 Å². The summed E-state index contributed by atoms with van der Waals surface area (Å²) in [4.78, 5) is 14.5. The van der Waals surface area contributed by atoms with Crippen LogP contribution < -0.4 is 10.1 Å². The average molecular weight is 340 g/mol. The molecule has 0 spiro atoms. The van der Waals surface area contributed by atoms with Gasteiger partial charge in [0.2, 0.25) is 0 Å². The molecule has 0 atom stereocenters. The lowest BCUT2D eigenvalue weighted by Crippen LogP contribution is -2.31. The van der Waals surface area contributed by atoms with Gasteiger partial charge in [0.1, 0.15) is 11.6 Å². The Labute approximate surface area is 146 Å². The van der Waals surface area contributed by atoms with E-state index in [0.717, 1.165) is 12.1 Å². The fourth-order valence-corrected chi connectivity index (χ4v) is 2.84. The summed E-state index contributed by atoms with van der Waals surface area (Å²) in [5.41, 5.74) is 2.15. The maximum atomic E-state index is 13.7. The van der Waals surface area contributed by atoms with Crippen molar-refractivity contribution in [3.8, 4) is 5.75 Å². The van der Waals surface area contributed by atoms with Crippen molar-refractivity contribution < 1.29 is 13.9 Å². The average Bonchev–Trinajstić information content (AvgIpc) is 2.64. The van der Waals surface area contributed by atoms with E-state index in [1.807, 2.05) is 30.3 Å². The van der Waals surface area contributed by atoms with Crippen molar-refractivity contribution in [2.75, 3.05) is 25.5 Å². The van der Waals surface area contributed by atoms with Crippen LogP contribution in [0.2, 0.25) is 0 Å². The van der Waals surface area contributed by atoms with Crippen LogP contribution in [-0.2, 0) is 11.3 Å². The minimum absolute atomic E-state index is 0.0983. The number of carbonyl (C=O) groups is 1. The maximum absolute atomic E-state index is 13.7. The number of carbonyl (C=O) groups excluding carboxylic acids is 1. The zero-order chi connectivity index (χ0) is 17.6. The number of methoxy groups -OCH3 is 1. The van der Waals surface area contributed by atoms with Gasteiger partial charge in [-0.15, -0.1) is 0 Å². The highest BCUT2D eigenvalue weighted by atomic mass is 19.1. The number of hydrogen-bond donors (Lipinski definition) is 1. The second-order valence-corrected chi connectivity index (χ2v) is 5.99. The second kappa shape index (κ2) is 7.94. The van der Waals surface area contributed by atoms with Crippen LogP contribution in [0.5, 0.6) is 5.75 Å². The second-order valence-electron chi connectivity index (χ2n) is 5.99. The predicted molar refractivity (Wildman–Crippen MR) is 96.0 cm³/mol. The van der Waals surface area contributed by atoms with E-state index in [1.165, 1.54) is 6.07 Å². The third kappa shape index (κ3) is 4.45. The Morgan fingerprint density at radius 1 is 1.24 bits per heavy atom. The predicted octanol–water partition coefficient (Wildman–Crippen LogP) is 3.61. The Hall–Kier alpha value is -2.66. The van der Waals surface area contributed by atoms with Crippen molar-refractivity contribution in [1.29, 1.82) is 0 Å². The van der Waals surface area contributed by atoms with Gasteiger partial charge in [0.25, 0.3) is 5.91 Å². The highest BCUT2D eigenvalue weighted by Crippen LogP contribution is 2.20. The molecule has 1 amide bonds. The first kappa shape index (κ1) is 17.2. The molecule has 0 radical (unpaired) electrons. The van der Waals surface area contributed by atoms with Gasteiger partial charge >= 0.3 is 0 Å². The van der Waals surface area contributed by atoms with E-state index in [-0.39, 0.29) is 11.7 Å². The van der Waals surface area contributed by atoms with Crippen LogP contribution in [0.25, 0.3) is 0 Å². The molecule has 1 aliphatic rings. The van der Waals surface area contributed by atoms with Crippen molar-refractivity contribution in [1.82, 2.24) is 4.90 Å². The molecule has 3 rings (SSSR count). The van der Waals surface area contributed by atoms with E-state index < -0.39 is 0 Å². The molecule has 0 saturated heterocycles. The van der Waals surface area contributed by atoms with Gasteiger partial charge in [-0.2, -0.15) is 0 Å². The van der Waals surface area contributed by atoms with E-state index in [0.29, 0.717) is 36.5 Å². The normalized spacial score (nSPS) is 14.7. The lowest BCUT2D eigenvalue weighted by atomic mass is 10.1. The minimum Gasteiger partial charge on any atom is -0.497 e. The molecule has 1 N–H and O–H groups in total. The standard InChI is InChI=1S/C20H21FN2O2/c1-25-18-7-4-6-17(13-18)22-20(24)15-9-11-23(12-10-15)14-16-5-2-3-8-19(16)21/h2-9,13H,10-12,14H2,1H3,(H,22,24). The van der Waals surface area contributed by atoms with Gasteiger partial charge in [0.15, 0.2) is 0 Å². The molecule has 4 nitrogen and oxygen atoms in total. The molecule has 0 aliphatic carbocycles. The third-order valence-corrected chi connectivity index (χ3v) is 4.26. The summed E-state index contributed by atoms with van der Waals surface area (Å²) in [6.07, 6.45) is 2.56. The molecule has 0 saturated carbocycles. The van der Waals surface area contributed by atoms with Crippen LogP contribution >= 0.6 is 0 Å². The number of benzene rings is 2. The van der Waals surface area contributed by atoms with Crippen molar-refractivity contribution >= 4 is 11.6 Å². The molecule has 0 fully saturated rings. The van der Waals surface area contributed by atoms with Crippen molar-refractivity contribution in [2.45, 2.75) is 13.0 Å². The molecule has 2 aromatic rings. The smallest absolute Gasteiger partial charge is 0.251 e. The summed E-state index contributed by atoms with van der Waals surface area (Å²) in [5, 5.41) is 2.89. The van der Waals surface area contributed by atoms with Crippen molar-refractivity contribution in [3.05, 3.63) is 71.6 Å². The topological polar surface area (TPSA) is 41.6 Å². The largest absolute Gasteiger partial charge is 0.497 e. The summed E-state index contributed by atoms with van der Waals surface area (Å²) in [5.74, 6) is 0.415. The van der Waals surface area contributed by atoms with E-state index in [2.05, 4.69) is 10.2 Å². The molecule has 0 bridgehead atoms. The van der Waals surface area contributed by atoms with E-state index in [1.54, 1.807) is 25.3 Å². The Kier molecular flexibility index (Phi) is 5.46. The summed E-state index contributed by atoms with van der Waals surface area (Å²) >= 11 is 0. The van der Waals surface area contributed by atoms with Crippen molar-refractivity contribution in [2.24, 2.45) is 0 Å². The molecular weight excluding hydrogens is 319 g/mol. The summed E-state index contributed by atoms with van der Waals surface area (Å²) in [6, 6.07) is 14.1. The molecule has 1 heterocycles. The molecule has 25 heavy (non-hydrogen) atoms. The first-order valence-electron chi connectivity index (χ1n) is 8.26. The number of amides is 1. The monoisotopic (exact) mass is 340 g/mol. The van der Waals surface area contributed by atoms with Gasteiger partial charge in [-0.1, -0.05) is 30.3 Å². The number of hydrogen-bond acceptors (Lipinski definition) is 3. The molecule has 0 unspecified atom stereocenters. The highest BCUT2D eigenvalue weighted by Gasteiger charge is 2.18. The maximum Gasteiger partial charge on any atom is 0.251 e. The summed E-state index contributed by atoms with van der Waals surface area (Å²) < 4.78 is 18.9. The number of ether oxygens (including phenoxy) is 1. The quantitative estimate of drug-likeness (QED) is 0.904. The summed E-state index contributed by atoms with van der Waals surface area (Å²) in [6.45, 7) is 1.91. The molecule has 2 aromatic carbocycles. The lowest BCUT2D eigenvalue weighted by molar-refractivity contribution is -0.113. The Balaban J connectivity index is 1.58. The van der Waals surface area contributed by atoms with E-state index in [4.69, 9.17) is 4.74 Å². The van der Waals surface area contributed by atoms with Gasteiger partial charge in [-0.25, -0.2) is 4.39 Å². The number of nitrogens with one attached hydrogen (secondary N) is 1. The SMILES string of the molecule is COc1cccc(NC(=O)C2=CCN(Cc3ccccc3F)CC2)c1. The number of anilines is 1. The number of rotatable bonds is 5. The van der Waals surface area contributed by atoms with Crippen LogP contribution in [-0.4, -0.2) is 31.0 Å². The van der Waals surface area contributed by atoms with Gasteiger partial charge < -0.3 is 10.1 Å². The van der Waals surface area contributed by atoms with E-state index >= 15 is 0 Å². The third-order valence-electron chi connectivity index (χ3n) is 4.26. The molecular formula is C20H21FN2O2. The van der Waals surface area contributed by atoms with Crippen LogP contribution in [0.15, 0.2) is 60.2 Å². The zero-order valence-electron chi connectivity index (χ0n) is 14.2. The number of nitrogens with zero attached hydrogens (tertiary/aromatic N) is 1. The molecule has 5 heteroatoms. The first-order valence-corrected chi connectivity index (χ1v) is 8.26. The first-order chi connectivity index (χ1) is 12.2. The summed E-state index contributed by atoms with van der Waals surface area (Å²) in [7, 11) is 1.59. The molecule has 130 valence electrons. The van der Waals surface area contributed by atoms with Crippen LogP contribution in [0, 0.1) is 5.82 Å². The highest BCUT2D eigenvalue weighted by molar-refractivity contribution is 6.03. The molecule has 0 aromatic heterocycles. The van der Waals surface area contributed by atoms with Gasteiger partial charge in [0, 0.05) is 42.5 Å². The molecule has 1 aliphatic heterocycles. The van der Waals surface area contributed by atoms with Gasteiger partial charge in [-0.05, 0) is 24.6 Å².